The molecule has 88 valence electrons. The van der Waals surface area contributed by atoms with Crippen molar-refractivity contribution < 1.29 is 9.90 Å². The van der Waals surface area contributed by atoms with Crippen LogP contribution in [-0.2, 0) is 11.2 Å². The van der Waals surface area contributed by atoms with Gasteiger partial charge in [-0.2, -0.15) is 0 Å². The van der Waals surface area contributed by atoms with Crippen molar-refractivity contribution in [3.05, 3.63) is 29.8 Å². The van der Waals surface area contributed by atoms with Crippen molar-refractivity contribution in [2.24, 2.45) is 0 Å². The van der Waals surface area contributed by atoms with E-state index < -0.39 is 5.97 Å². The number of anilines is 1. The summed E-state index contributed by atoms with van der Waals surface area (Å²) >= 11 is 0. The molecule has 0 saturated heterocycles. The van der Waals surface area contributed by atoms with Gasteiger partial charge < -0.3 is 16.2 Å². The molecule has 4 N–H and O–H groups in total. The van der Waals surface area contributed by atoms with Gasteiger partial charge in [-0.25, -0.2) is 0 Å². The Morgan fingerprint density at radius 1 is 1.44 bits per heavy atom. The molecule has 0 aromatic heterocycles. The number of rotatable bonds is 6. The van der Waals surface area contributed by atoms with E-state index in [0.717, 1.165) is 12.1 Å². The van der Waals surface area contributed by atoms with E-state index in [1.807, 2.05) is 31.2 Å². The molecule has 0 fully saturated rings. The van der Waals surface area contributed by atoms with Gasteiger partial charge in [-0.05, 0) is 31.0 Å². The molecule has 1 aromatic rings. The van der Waals surface area contributed by atoms with Gasteiger partial charge in [-0.1, -0.05) is 12.1 Å². The van der Waals surface area contributed by atoms with Crippen LogP contribution in [0.3, 0.4) is 0 Å². The maximum atomic E-state index is 10.3. The summed E-state index contributed by atoms with van der Waals surface area (Å²) in [5.41, 5.74) is 7.55. The lowest BCUT2D eigenvalue weighted by Crippen LogP contribution is -2.30. The van der Waals surface area contributed by atoms with Crippen molar-refractivity contribution >= 4 is 11.7 Å². The summed E-state index contributed by atoms with van der Waals surface area (Å²) in [6, 6.07) is 8.00. The number of nitrogens with two attached hydrogens (primary N) is 1. The Bertz CT molecular complexity index is 335. The monoisotopic (exact) mass is 222 g/mol. The van der Waals surface area contributed by atoms with Crippen LogP contribution in [0.2, 0.25) is 0 Å². The van der Waals surface area contributed by atoms with Gasteiger partial charge >= 0.3 is 5.97 Å². The third-order valence-corrected chi connectivity index (χ3v) is 2.35. The van der Waals surface area contributed by atoms with Crippen molar-refractivity contribution in [3.8, 4) is 0 Å². The number of nitrogen functional groups attached to an aromatic ring is 1. The number of carbonyl (C=O) groups is 1. The summed E-state index contributed by atoms with van der Waals surface area (Å²) in [6.07, 6.45) is 1.03. The van der Waals surface area contributed by atoms with E-state index in [1.165, 1.54) is 5.56 Å². The molecule has 0 spiro atoms. The number of carboxylic acids is 1. The van der Waals surface area contributed by atoms with Crippen molar-refractivity contribution in [2.45, 2.75) is 25.8 Å². The standard InChI is InChI=1S/C12H18N2O2/c1-9(14-7-6-12(15)16)8-10-2-4-11(13)5-3-10/h2-5,9,14H,6-8,13H2,1H3,(H,15,16). The molecule has 1 atom stereocenters. The fraction of sp³-hybridized carbons (Fsp3) is 0.417. The second-order valence-electron chi connectivity index (χ2n) is 3.94. The summed E-state index contributed by atoms with van der Waals surface area (Å²) in [4.78, 5) is 10.3. The number of aliphatic carboxylic acids is 1. The van der Waals surface area contributed by atoms with E-state index in [4.69, 9.17) is 10.8 Å². The molecule has 1 unspecified atom stereocenters. The van der Waals surface area contributed by atoms with Crippen LogP contribution in [0.1, 0.15) is 18.9 Å². The molecule has 0 aliphatic heterocycles. The van der Waals surface area contributed by atoms with Gasteiger partial charge in [0.25, 0.3) is 0 Å². The molecule has 0 aliphatic rings. The lowest BCUT2D eigenvalue weighted by molar-refractivity contribution is -0.136. The lowest BCUT2D eigenvalue weighted by atomic mass is 10.1. The zero-order valence-corrected chi connectivity index (χ0v) is 9.44. The number of hydrogen-bond acceptors (Lipinski definition) is 3. The van der Waals surface area contributed by atoms with Crippen LogP contribution in [0.4, 0.5) is 5.69 Å². The van der Waals surface area contributed by atoms with Gasteiger partial charge in [0.1, 0.15) is 0 Å². The van der Waals surface area contributed by atoms with E-state index in [9.17, 15) is 4.79 Å². The lowest BCUT2D eigenvalue weighted by Gasteiger charge is -2.13. The number of benzene rings is 1. The SMILES string of the molecule is CC(Cc1ccc(N)cc1)NCCC(=O)O. The van der Waals surface area contributed by atoms with Crippen molar-refractivity contribution in [1.82, 2.24) is 5.32 Å². The predicted molar refractivity (Wildman–Crippen MR) is 64.3 cm³/mol. The van der Waals surface area contributed by atoms with Gasteiger partial charge in [0.05, 0.1) is 6.42 Å². The Labute approximate surface area is 95.5 Å². The molecule has 0 amide bonds. The van der Waals surface area contributed by atoms with E-state index in [0.29, 0.717) is 6.54 Å². The second kappa shape index (κ2) is 6.12. The van der Waals surface area contributed by atoms with Gasteiger partial charge in [0, 0.05) is 18.3 Å². The van der Waals surface area contributed by atoms with Crippen LogP contribution < -0.4 is 11.1 Å². The molecule has 0 bridgehead atoms. The van der Waals surface area contributed by atoms with Crippen LogP contribution in [0, 0.1) is 0 Å². The van der Waals surface area contributed by atoms with Crippen LogP contribution in [0.5, 0.6) is 0 Å². The molecule has 0 saturated carbocycles. The summed E-state index contributed by atoms with van der Waals surface area (Å²) < 4.78 is 0. The molecule has 16 heavy (non-hydrogen) atoms. The van der Waals surface area contributed by atoms with Gasteiger partial charge in [0.2, 0.25) is 0 Å². The Hall–Kier alpha value is -1.55. The number of hydrogen-bond donors (Lipinski definition) is 3. The first-order valence-corrected chi connectivity index (χ1v) is 5.37. The maximum absolute atomic E-state index is 10.3. The minimum Gasteiger partial charge on any atom is -0.481 e. The largest absolute Gasteiger partial charge is 0.481 e. The average molecular weight is 222 g/mol. The highest BCUT2D eigenvalue weighted by Gasteiger charge is 2.04. The predicted octanol–water partition coefficient (Wildman–Crippen LogP) is 1.26. The first-order chi connectivity index (χ1) is 7.58. The van der Waals surface area contributed by atoms with E-state index >= 15 is 0 Å². The number of nitrogens with one attached hydrogen (secondary N) is 1. The summed E-state index contributed by atoms with van der Waals surface area (Å²) in [5.74, 6) is -0.771. The first-order valence-electron chi connectivity index (χ1n) is 5.37. The minimum atomic E-state index is -0.771. The van der Waals surface area contributed by atoms with Gasteiger partial charge in [-0.15, -0.1) is 0 Å². The second-order valence-corrected chi connectivity index (χ2v) is 3.94. The topological polar surface area (TPSA) is 75.3 Å². The molecular weight excluding hydrogens is 204 g/mol. The van der Waals surface area contributed by atoms with Crippen molar-refractivity contribution in [3.63, 3.8) is 0 Å². The highest BCUT2D eigenvalue weighted by atomic mass is 16.4. The third-order valence-electron chi connectivity index (χ3n) is 2.35. The Morgan fingerprint density at radius 3 is 2.62 bits per heavy atom. The van der Waals surface area contributed by atoms with Crippen LogP contribution in [0.25, 0.3) is 0 Å². The molecule has 1 rings (SSSR count). The van der Waals surface area contributed by atoms with E-state index in [1.54, 1.807) is 0 Å². The molecule has 0 aliphatic carbocycles. The Kier molecular flexibility index (Phi) is 4.79. The summed E-state index contributed by atoms with van der Waals surface area (Å²) in [7, 11) is 0. The van der Waals surface area contributed by atoms with Gasteiger partial charge in [0.15, 0.2) is 0 Å². The normalized spacial score (nSPS) is 12.3. The highest BCUT2D eigenvalue weighted by Crippen LogP contribution is 2.07. The van der Waals surface area contributed by atoms with E-state index in [-0.39, 0.29) is 12.5 Å². The van der Waals surface area contributed by atoms with Crippen LogP contribution >= 0.6 is 0 Å². The quantitative estimate of drug-likeness (QED) is 0.633. The molecule has 4 heteroatoms. The Morgan fingerprint density at radius 2 is 2.06 bits per heavy atom. The average Bonchev–Trinajstić information content (AvgIpc) is 2.21. The minimum absolute atomic E-state index is 0.159. The highest BCUT2D eigenvalue weighted by molar-refractivity contribution is 5.66. The van der Waals surface area contributed by atoms with Crippen LogP contribution in [-0.4, -0.2) is 23.7 Å². The molecule has 1 aromatic carbocycles. The molecular formula is C12H18N2O2. The molecule has 4 nitrogen and oxygen atoms in total. The van der Waals surface area contributed by atoms with Crippen LogP contribution in [0.15, 0.2) is 24.3 Å². The smallest absolute Gasteiger partial charge is 0.304 e. The fourth-order valence-corrected chi connectivity index (χ4v) is 1.50. The molecule has 0 radical (unpaired) electrons. The first kappa shape index (κ1) is 12.5. The third kappa shape index (κ3) is 4.79. The zero-order valence-electron chi connectivity index (χ0n) is 9.44. The zero-order chi connectivity index (χ0) is 12.0. The maximum Gasteiger partial charge on any atom is 0.304 e. The molecule has 0 heterocycles. The van der Waals surface area contributed by atoms with Crippen molar-refractivity contribution in [1.29, 1.82) is 0 Å². The summed E-state index contributed by atoms with van der Waals surface area (Å²) in [5, 5.41) is 11.7. The van der Waals surface area contributed by atoms with Gasteiger partial charge in [-0.3, -0.25) is 4.79 Å². The fourth-order valence-electron chi connectivity index (χ4n) is 1.50. The number of carboxylic acid groups (broad SMARTS) is 1. The van der Waals surface area contributed by atoms with Crippen molar-refractivity contribution in [2.75, 3.05) is 12.3 Å². The summed E-state index contributed by atoms with van der Waals surface area (Å²) in [6.45, 7) is 2.55. The Balaban J connectivity index is 2.31. The van der Waals surface area contributed by atoms with E-state index in [2.05, 4.69) is 5.32 Å².